The molecular weight excluding hydrogens is 678 g/mol. The summed E-state index contributed by atoms with van der Waals surface area (Å²) in [6.07, 6.45) is -9.46. The van der Waals surface area contributed by atoms with Crippen LogP contribution in [0.4, 0.5) is 4.79 Å². The van der Waals surface area contributed by atoms with E-state index in [0.29, 0.717) is 12.8 Å². The first-order chi connectivity index (χ1) is 24.3. The average molecular weight is 730 g/mol. The molecule has 6 rings (SSSR count). The number of ketones is 1. The van der Waals surface area contributed by atoms with E-state index in [1.54, 1.807) is 32.0 Å². The second-order valence-corrected chi connectivity index (χ2v) is 16.5. The number of aliphatic hydroxyl groups excluding tert-OH is 3. The number of carbonyl (C=O) groups is 4. The Hall–Kier alpha value is -3.40. The van der Waals surface area contributed by atoms with Gasteiger partial charge in [0.2, 0.25) is 0 Å². The summed E-state index contributed by atoms with van der Waals surface area (Å²) in [5.74, 6) is -4.55. The number of amides is 1. The van der Waals surface area contributed by atoms with Crippen LogP contribution in [0.3, 0.4) is 0 Å². The number of aliphatic hydroxyl groups is 5. The summed E-state index contributed by atoms with van der Waals surface area (Å²) in [6, 6.07) is 6.89. The third-order valence-corrected chi connectivity index (χ3v) is 12.4. The van der Waals surface area contributed by atoms with E-state index in [-0.39, 0.29) is 48.2 Å². The number of benzene rings is 1. The van der Waals surface area contributed by atoms with Crippen LogP contribution in [-0.4, -0.2) is 116 Å². The van der Waals surface area contributed by atoms with Gasteiger partial charge < -0.3 is 49.8 Å². The lowest BCUT2D eigenvalue weighted by Gasteiger charge is -2.66. The first-order valence-corrected chi connectivity index (χ1v) is 18.0. The van der Waals surface area contributed by atoms with Crippen LogP contribution in [0, 0.1) is 28.6 Å². The summed E-state index contributed by atoms with van der Waals surface area (Å²) >= 11 is 0. The van der Waals surface area contributed by atoms with E-state index in [1.807, 2.05) is 13.8 Å². The topological polar surface area (TPSA) is 218 Å². The highest BCUT2D eigenvalue weighted by Crippen LogP contribution is 2.63. The quantitative estimate of drug-likeness (QED) is 0.121. The van der Waals surface area contributed by atoms with Crippen molar-refractivity contribution in [1.29, 1.82) is 0 Å². The Morgan fingerprint density at radius 1 is 1.04 bits per heavy atom. The van der Waals surface area contributed by atoms with Crippen LogP contribution in [0.1, 0.15) is 77.6 Å². The standard InChI is InChI=1S/C38H51NO13/c1-18(2)16-49-34(46)39-26(20-12-13-20)28(42)33(45)51-22-15-38(48)31(52-32(44)21-10-8-7-9-11-21)29-36(6,23(40)14-24-37(29,47)17-50-24)30(43)27(41)25(19(22)3)35(38,4)5/h7-11,18,20,22-24,26-29,31,40-42,47-48H,12-17H2,1-6H3,(H,39,46)/t22?,23?,24?,26?,27?,28?,29?,31?,36-,37+,38?/m1/s1. The molecule has 11 atom stereocenters. The molecule has 4 aliphatic carbocycles. The molecular formula is C38H51NO13. The molecule has 2 bridgehead atoms. The molecule has 5 aliphatic rings. The van der Waals surface area contributed by atoms with Gasteiger partial charge in [-0.25, -0.2) is 14.4 Å². The number of nitrogens with one attached hydrogen (secondary N) is 1. The average Bonchev–Trinajstić information content (AvgIpc) is 3.94. The maximum absolute atomic E-state index is 14.6. The van der Waals surface area contributed by atoms with Crippen LogP contribution in [0.2, 0.25) is 0 Å². The fraction of sp³-hybridized carbons (Fsp3) is 0.684. The molecule has 0 radical (unpaired) electrons. The normalized spacial score (nSPS) is 37.7. The number of ether oxygens (including phenoxy) is 4. The summed E-state index contributed by atoms with van der Waals surface area (Å²) in [4.78, 5) is 54.7. The van der Waals surface area contributed by atoms with Gasteiger partial charge in [-0.05, 0) is 61.8 Å². The molecule has 14 heteroatoms. The molecule has 1 saturated heterocycles. The number of fused-ring (bicyclic) bond motifs is 5. The predicted octanol–water partition coefficient (Wildman–Crippen LogP) is 1.58. The van der Waals surface area contributed by atoms with Crippen LogP contribution in [-0.2, 0) is 28.5 Å². The summed E-state index contributed by atoms with van der Waals surface area (Å²) in [7, 11) is 0. The third-order valence-electron chi connectivity index (χ3n) is 12.4. The molecule has 1 aromatic rings. The van der Waals surface area contributed by atoms with Gasteiger partial charge in [0.15, 0.2) is 11.9 Å². The maximum Gasteiger partial charge on any atom is 0.407 e. The molecule has 3 saturated carbocycles. The Bertz CT molecular complexity index is 1620. The molecule has 1 amide bonds. The minimum Gasteiger partial charge on any atom is -0.456 e. The highest BCUT2D eigenvalue weighted by Gasteiger charge is 2.76. The van der Waals surface area contributed by atoms with E-state index in [9.17, 15) is 44.7 Å². The van der Waals surface area contributed by atoms with Gasteiger partial charge in [-0.15, -0.1) is 0 Å². The number of esters is 2. The largest absolute Gasteiger partial charge is 0.456 e. The second kappa shape index (κ2) is 13.5. The zero-order chi connectivity index (χ0) is 38.1. The Balaban J connectivity index is 1.42. The van der Waals surface area contributed by atoms with Crippen molar-refractivity contribution in [2.45, 2.75) is 121 Å². The first kappa shape index (κ1) is 38.3. The minimum absolute atomic E-state index is 0.0146. The molecule has 9 unspecified atom stereocenters. The smallest absolute Gasteiger partial charge is 0.407 e. The fourth-order valence-electron chi connectivity index (χ4n) is 9.06. The van der Waals surface area contributed by atoms with Gasteiger partial charge in [0.1, 0.15) is 29.5 Å². The van der Waals surface area contributed by atoms with E-state index in [4.69, 9.17) is 18.9 Å². The van der Waals surface area contributed by atoms with Crippen LogP contribution < -0.4 is 5.32 Å². The molecule has 1 aromatic carbocycles. The summed E-state index contributed by atoms with van der Waals surface area (Å²) in [5.41, 5.74) is -7.33. The molecule has 4 fully saturated rings. The Kier molecular flexibility index (Phi) is 9.93. The van der Waals surface area contributed by atoms with Crippen molar-refractivity contribution < 1.29 is 63.7 Å². The van der Waals surface area contributed by atoms with Crippen molar-refractivity contribution in [3.8, 4) is 0 Å². The van der Waals surface area contributed by atoms with E-state index < -0.39 is 101 Å². The van der Waals surface area contributed by atoms with Crippen molar-refractivity contribution in [2.75, 3.05) is 13.2 Å². The van der Waals surface area contributed by atoms with E-state index in [0.717, 1.165) is 0 Å². The van der Waals surface area contributed by atoms with Gasteiger partial charge in [-0.2, -0.15) is 0 Å². The van der Waals surface area contributed by atoms with Crippen molar-refractivity contribution >= 4 is 23.8 Å². The summed E-state index contributed by atoms with van der Waals surface area (Å²) in [6.45, 7) is 9.60. The lowest BCUT2D eigenvalue weighted by Crippen LogP contribution is -2.81. The number of alkyl carbamates (subject to hydrolysis) is 1. The van der Waals surface area contributed by atoms with Gasteiger partial charge in [0.05, 0.1) is 42.4 Å². The van der Waals surface area contributed by atoms with E-state index in [2.05, 4.69) is 5.32 Å². The molecule has 52 heavy (non-hydrogen) atoms. The van der Waals surface area contributed by atoms with Gasteiger partial charge in [-0.1, -0.05) is 45.9 Å². The number of carbonyl (C=O) groups excluding carboxylic acids is 4. The second-order valence-electron chi connectivity index (χ2n) is 16.5. The molecule has 1 aliphatic heterocycles. The van der Waals surface area contributed by atoms with Crippen molar-refractivity contribution in [1.82, 2.24) is 5.32 Å². The van der Waals surface area contributed by atoms with Crippen molar-refractivity contribution in [3.05, 3.63) is 47.0 Å². The van der Waals surface area contributed by atoms with E-state index >= 15 is 0 Å². The van der Waals surface area contributed by atoms with Crippen LogP contribution in [0.25, 0.3) is 0 Å². The maximum atomic E-state index is 14.6. The summed E-state index contributed by atoms with van der Waals surface area (Å²) in [5, 5.41) is 62.7. The first-order valence-electron chi connectivity index (χ1n) is 18.0. The van der Waals surface area contributed by atoms with Gasteiger partial charge >= 0.3 is 18.0 Å². The monoisotopic (exact) mass is 729 g/mol. The van der Waals surface area contributed by atoms with Gasteiger partial charge in [0.25, 0.3) is 0 Å². The minimum atomic E-state index is -2.27. The lowest BCUT2D eigenvalue weighted by molar-refractivity contribution is -0.343. The Morgan fingerprint density at radius 3 is 2.27 bits per heavy atom. The Morgan fingerprint density at radius 2 is 1.69 bits per heavy atom. The molecule has 0 aromatic heterocycles. The van der Waals surface area contributed by atoms with Crippen LogP contribution in [0.15, 0.2) is 41.5 Å². The number of rotatable bonds is 9. The molecule has 286 valence electrons. The highest BCUT2D eigenvalue weighted by atomic mass is 16.6. The Labute approximate surface area is 302 Å². The predicted molar refractivity (Wildman–Crippen MR) is 181 cm³/mol. The van der Waals surface area contributed by atoms with Crippen LogP contribution in [0.5, 0.6) is 0 Å². The molecule has 1 heterocycles. The van der Waals surface area contributed by atoms with Crippen molar-refractivity contribution in [2.24, 2.45) is 28.6 Å². The lowest BCUT2D eigenvalue weighted by atomic mass is 9.44. The van der Waals surface area contributed by atoms with E-state index in [1.165, 1.54) is 26.0 Å². The molecule has 14 nitrogen and oxygen atoms in total. The van der Waals surface area contributed by atoms with Crippen molar-refractivity contribution in [3.63, 3.8) is 0 Å². The molecule has 6 N–H and O–H groups in total. The zero-order valence-corrected chi connectivity index (χ0v) is 30.4. The number of hydrogen-bond donors (Lipinski definition) is 6. The number of hydrogen-bond acceptors (Lipinski definition) is 13. The van der Waals surface area contributed by atoms with Crippen LogP contribution >= 0.6 is 0 Å². The highest BCUT2D eigenvalue weighted by molar-refractivity contribution is 5.94. The number of Topliss-reactive ketones (excluding diaryl/α,β-unsaturated/α-hetero) is 1. The van der Waals surface area contributed by atoms with Gasteiger partial charge in [-0.3, -0.25) is 4.79 Å². The SMILES string of the molecule is CC1=C2C(O)C(=O)[C@]3(C)C(O)CC4OC[C@@]4(O)C3C(OC(=O)c3ccccc3)C(O)(CC1OC(=O)C(O)C(NC(=O)OCC(C)C)C1CC1)C2(C)C. The fourth-order valence-corrected chi connectivity index (χ4v) is 9.06. The molecule has 0 spiro atoms. The zero-order valence-electron chi connectivity index (χ0n) is 30.4. The summed E-state index contributed by atoms with van der Waals surface area (Å²) < 4.78 is 22.9. The third kappa shape index (κ3) is 6.05. The van der Waals surface area contributed by atoms with Gasteiger partial charge in [0, 0.05) is 24.2 Å².